The first-order chi connectivity index (χ1) is 18.3. The van der Waals surface area contributed by atoms with Crippen molar-refractivity contribution in [2.45, 2.75) is 6.54 Å². The molecule has 0 aliphatic carbocycles. The van der Waals surface area contributed by atoms with Gasteiger partial charge in [-0.3, -0.25) is 10.00 Å². The number of benzene rings is 1. The molecule has 2 fully saturated rings. The first-order valence-corrected chi connectivity index (χ1v) is 13.6. The third kappa shape index (κ3) is 4.41. The van der Waals surface area contributed by atoms with Gasteiger partial charge in [0, 0.05) is 67.8 Å². The van der Waals surface area contributed by atoms with Crippen LogP contribution < -0.4 is 9.80 Å². The Hall–Kier alpha value is -3.60. The Morgan fingerprint density at radius 3 is 2.65 bits per heavy atom. The molecule has 0 amide bonds. The van der Waals surface area contributed by atoms with Crippen molar-refractivity contribution < 1.29 is 4.74 Å². The molecular weight excluding hydrogens is 484 g/mol. The Balaban J connectivity index is 1.19. The molecule has 5 aromatic rings. The Kier molecular flexibility index (Phi) is 5.92. The van der Waals surface area contributed by atoms with Crippen molar-refractivity contribution in [3.8, 4) is 11.4 Å². The van der Waals surface area contributed by atoms with Crippen LogP contribution in [-0.4, -0.2) is 82.5 Å². The predicted molar refractivity (Wildman–Crippen MR) is 147 cm³/mol. The number of pyridine rings is 1. The van der Waals surface area contributed by atoms with Gasteiger partial charge in [0.1, 0.15) is 5.82 Å². The van der Waals surface area contributed by atoms with Gasteiger partial charge in [0.15, 0.2) is 11.6 Å². The van der Waals surface area contributed by atoms with Crippen molar-refractivity contribution in [2.24, 2.45) is 0 Å². The van der Waals surface area contributed by atoms with Crippen LogP contribution in [0.1, 0.15) is 4.88 Å². The molecule has 0 radical (unpaired) electrons. The zero-order valence-electron chi connectivity index (χ0n) is 20.5. The van der Waals surface area contributed by atoms with Crippen LogP contribution in [0.4, 0.5) is 11.6 Å². The number of fused-ring (bicyclic) bond motifs is 2. The number of aromatic nitrogens is 5. The molecule has 0 spiro atoms. The van der Waals surface area contributed by atoms with Crippen molar-refractivity contribution >= 4 is 44.1 Å². The van der Waals surface area contributed by atoms with E-state index in [4.69, 9.17) is 14.7 Å². The average Bonchev–Trinajstić information content (AvgIpc) is 3.60. The topological polar surface area (TPSA) is 86.3 Å². The first-order valence-electron chi connectivity index (χ1n) is 12.8. The summed E-state index contributed by atoms with van der Waals surface area (Å²) in [6.45, 7) is 8.04. The Morgan fingerprint density at radius 2 is 1.81 bits per heavy atom. The maximum absolute atomic E-state index is 5.63. The minimum Gasteiger partial charge on any atom is -0.378 e. The fourth-order valence-electron chi connectivity index (χ4n) is 5.21. The third-order valence-electron chi connectivity index (χ3n) is 7.17. The first kappa shape index (κ1) is 22.6. The Bertz CT molecular complexity index is 1520. The fraction of sp³-hybridized carbons (Fsp3) is 0.333. The lowest BCUT2D eigenvalue weighted by Gasteiger charge is -2.35. The van der Waals surface area contributed by atoms with Crippen LogP contribution in [0.2, 0.25) is 0 Å². The van der Waals surface area contributed by atoms with E-state index in [0.717, 1.165) is 103 Å². The highest BCUT2D eigenvalue weighted by molar-refractivity contribution is 7.19. The number of thiophene rings is 1. The van der Waals surface area contributed by atoms with Gasteiger partial charge in [-0.1, -0.05) is 18.2 Å². The van der Waals surface area contributed by atoms with E-state index in [-0.39, 0.29) is 0 Å². The van der Waals surface area contributed by atoms with Gasteiger partial charge < -0.3 is 14.5 Å². The second kappa shape index (κ2) is 9.70. The van der Waals surface area contributed by atoms with E-state index in [1.807, 2.05) is 41.9 Å². The molecule has 7 rings (SSSR count). The zero-order valence-corrected chi connectivity index (χ0v) is 21.3. The molecule has 37 heavy (non-hydrogen) atoms. The van der Waals surface area contributed by atoms with Crippen LogP contribution in [0.5, 0.6) is 0 Å². The van der Waals surface area contributed by atoms with E-state index in [1.54, 1.807) is 0 Å². The van der Waals surface area contributed by atoms with Crippen LogP contribution in [0, 0.1) is 0 Å². The van der Waals surface area contributed by atoms with Gasteiger partial charge in [-0.25, -0.2) is 15.0 Å². The minimum atomic E-state index is 0.719. The van der Waals surface area contributed by atoms with Crippen LogP contribution in [0.3, 0.4) is 0 Å². The number of nitrogens with zero attached hydrogens (tertiary/aromatic N) is 7. The van der Waals surface area contributed by atoms with Gasteiger partial charge in [-0.05, 0) is 24.3 Å². The molecule has 1 N–H and O–H groups in total. The third-order valence-corrected chi connectivity index (χ3v) is 8.27. The normalized spacial score (nSPS) is 17.2. The summed E-state index contributed by atoms with van der Waals surface area (Å²) >= 11 is 1.82. The molecule has 6 heterocycles. The minimum absolute atomic E-state index is 0.719. The quantitative estimate of drug-likeness (QED) is 0.381. The summed E-state index contributed by atoms with van der Waals surface area (Å²) in [6.07, 6.45) is 3.73. The second-order valence-corrected chi connectivity index (χ2v) is 10.6. The molecule has 2 saturated heterocycles. The maximum Gasteiger partial charge on any atom is 0.162 e. The number of morpholine rings is 1. The van der Waals surface area contributed by atoms with Gasteiger partial charge in [-0.2, -0.15) is 5.10 Å². The second-order valence-electron chi connectivity index (χ2n) is 9.49. The van der Waals surface area contributed by atoms with Crippen LogP contribution >= 0.6 is 11.3 Å². The standard InChI is InChI=1S/C27H28N8OS/c1-2-7-28-24(6-1)34-10-8-33(9-11-34)18-19-16-23-25(37-19)27(35-12-14-36-15-13-35)31-26(30-23)20-4-3-5-22-21(20)17-29-32-22/h1-7,16-17H,8-15,18H2,(H,29,32). The van der Waals surface area contributed by atoms with Crippen LogP contribution in [0.15, 0.2) is 54.9 Å². The molecule has 2 aliphatic heterocycles. The lowest BCUT2D eigenvalue weighted by atomic mass is 10.1. The maximum atomic E-state index is 5.63. The highest BCUT2D eigenvalue weighted by Gasteiger charge is 2.23. The van der Waals surface area contributed by atoms with Crippen LogP contribution in [0.25, 0.3) is 32.5 Å². The zero-order chi connectivity index (χ0) is 24.6. The smallest absolute Gasteiger partial charge is 0.162 e. The number of hydrogen-bond donors (Lipinski definition) is 1. The van der Waals surface area contributed by atoms with E-state index in [0.29, 0.717) is 0 Å². The number of nitrogens with one attached hydrogen (secondary N) is 1. The number of H-pyrrole nitrogens is 1. The lowest BCUT2D eigenvalue weighted by molar-refractivity contribution is 0.122. The predicted octanol–water partition coefficient (Wildman–Crippen LogP) is 3.79. The summed E-state index contributed by atoms with van der Waals surface area (Å²) in [5.41, 5.74) is 3.00. The molecule has 0 atom stereocenters. The molecule has 0 bridgehead atoms. The molecule has 1 aromatic carbocycles. The Labute approximate surface area is 218 Å². The van der Waals surface area contributed by atoms with Gasteiger partial charge in [0.2, 0.25) is 0 Å². The van der Waals surface area contributed by atoms with E-state index >= 15 is 0 Å². The highest BCUT2D eigenvalue weighted by Crippen LogP contribution is 2.36. The van der Waals surface area contributed by atoms with Crippen molar-refractivity contribution in [3.05, 3.63) is 59.7 Å². The monoisotopic (exact) mass is 512 g/mol. The van der Waals surface area contributed by atoms with Gasteiger partial charge in [0.25, 0.3) is 0 Å². The van der Waals surface area contributed by atoms with Crippen molar-refractivity contribution in [2.75, 3.05) is 62.3 Å². The van der Waals surface area contributed by atoms with Gasteiger partial charge >= 0.3 is 0 Å². The molecule has 0 saturated carbocycles. The highest BCUT2D eigenvalue weighted by atomic mass is 32.1. The van der Waals surface area contributed by atoms with Crippen molar-refractivity contribution in [1.82, 2.24) is 30.0 Å². The number of aromatic amines is 1. The van der Waals surface area contributed by atoms with Crippen molar-refractivity contribution in [1.29, 1.82) is 0 Å². The number of anilines is 2. The lowest BCUT2D eigenvalue weighted by Crippen LogP contribution is -2.46. The van der Waals surface area contributed by atoms with E-state index in [1.165, 1.54) is 4.88 Å². The van der Waals surface area contributed by atoms with Crippen LogP contribution in [-0.2, 0) is 11.3 Å². The molecular formula is C27H28N8OS. The summed E-state index contributed by atoms with van der Waals surface area (Å²) in [4.78, 5) is 23.3. The molecule has 0 unspecified atom stereocenters. The summed E-state index contributed by atoms with van der Waals surface area (Å²) < 4.78 is 6.79. The molecule has 9 nitrogen and oxygen atoms in total. The molecule has 2 aliphatic rings. The number of piperazine rings is 1. The SMILES string of the molecule is c1ccc(N2CCN(Cc3cc4nc(-c5cccc6[nH]ncc56)nc(N5CCOCC5)c4s3)CC2)nc1. The van der Waals surface area contributed by atoms with Gasteiger partial charge in [0.05, 0.1) is 35.1 Å². The van der Waals surface area contributed by atoms with Gasteiger partial charge in [-0.15, -0.1) is 11.3 Å². The summed E-state index contributed by atoms with van der Waals surface area (Å²) in [7, 11) is 0. The summed E-state index contributed by atoms with van der Waals surface area (Å²) in [5, 5.41) is 8.34. The van der Waals surface area contributed by atoms with E-state index in [9.17, 15) is 0 Å². The summed E-state index contributed by atoms with van der Waals surface area (Å²) in [5.74, 6) is 2.82. The Morgan fingerprint density at radius 1 is 0.919 bits per heavy atom. The largest absolute Gasteiger partial charge is 0.378 e. The number of ether oxygens (including phenoxy) is 1. The fourth-order valence-corrected chi connectivity index (χ4v) is 6.37. The van der Waals surface area contributed by atoms with E-state index < -0.39 is 0 Å². The number of hydrogen-bond acceptors (Lipinski definition) is 9. The molecule has 188 valence electrons. The van der Waals surface area contributed by atoms with E-state index in [2.05, 4.69) is 54.1 Å². The van der Waals surface area contributed by atoms with Crippen molar-refractivity contribution in [3.63, 3.8) is 0 Å². The number of rotatable bonds is 5. The summed E-state index contributed by atoms with van der Waals surface area (Å²) in [6, 6.07) is 14.5. The molecule has 4 aromatic heterocycles. The molecule has 10 heteroatoms. The average molecular weight is 513 g/mol.